The van der Waals surface area contributed by atoms with Crippen LogP contribution in [0.1, 0.15) is 5.56 Å². The van der Waals surface area contributed by atoms with E-state index in [2.05, 4.69) is 10.6 Å². The maximum Gasteiger partial charge on any atom is 0.405 e. The average Bonchev–Trinajstić information content (AvgIpc) is 2.91. The molecular weight excluding hydrogens is 331 g/mol. The van der Waals surface area contributed by atoms with Gasteiger partial charge in [-0.2, -0.15) is 13.2 Å². The number of hydrogen-bond donors (Lipinski definition) is 3. The van der Waals surface area contributed by atoms with E-state index < -0.39 is 31.2 Å². The summed E-state index contributed by atoms with van der Waals surface area (Å²) in [6, 6.07) is 7.09. The van der Waals surface area contributed by atoms with E-state index in [1.807, 2.05) is 29.6 Å². The molecule has 0 spiro atoms. The van der Waals surface area contributed by atoms with Gasteiger partial charge in [-0.25, -0.2) is 4.79 Å². The van der Waals surface area contributed by atoms with E-state index >= 15 is 0 Å². The number of nitrogens with one attached hydrogen (secondary N) is 3. The van der Waals surface area contributed by atoms with Gasteiger partial charge in [0, 0.05) is 11.2 Å². The fourth-order valence-corrected chi connectivity index (χ4v) is 2.79. The third-order valence-electron chi connectivity index (χ3n) is 2.90. The summed E-state index contributed by atoms with van der Waals surface area (Å²) < 4.78 is 36.8. The molecule has 0 radical (unpaired) electrons. The second kappa shape index (κ2) is 7.32. The second-order valence-corrected chi connectivity index (χ2v) is 5.60. The molecule has 5 nitrogen and oxygen atoms in total. The summed E-state index contributed by atoms with van der Waals surface area (Å²) in [4.78, 5) is 22.7. The summed E-state index contributed by atoms with van der Waals surface area (Å²) in [5.41, 5.74) is 0.933. The van der Waals surface area contributed by atoms with E-state index in [0.29, 0.717) is 0 Å². The zero-order valence-corrected chi connectivity index (χ0v) is 12.7. The molecule has 23 heavy (non-hydrogen) atoms. The molecule has 0 unspecified atom stereocenters. The first-order valence-corrected chi connectivity index (χ1v) is 7.53. The van der Waals surface area contributed by atoms with Gasteiger partial charge < -0.3 is 16.0 Å². The van der Waals surface area contributed by atoms with E-state index in [1.54, 1.807) is 16.7 Å². The highest BCUT2D eigenvalue weighted by molar-refractivity contribution is 7.17. The highest BCUT2D eigenvalue weighted by atomic mass is 32.1. The van der Waals surface area contributed by atoms with Crippen LogP contribution in [0.3, 0.4) is 0 Å². The predicted octanol–water partition coefficient (Wildman–Crippen LogP) is 2.38. The van der Waals surface area contributed by atoms with E-state index in [1.165, 1.54) is 0 Å². The second-order valence-electron chi connectivity index (χ2n) is 4.69. The van der Waals surface area contributed by atoms with Crippen molar-refractivity contribution in [1.29, 1.82) is 0 Å². The van der Waals surface area contributed by atoms with Gasteiger partial charge >= 0.3 is 12.2 Å². The molecule has 3 N–H and O–H groups in total. The van der Waals surface area contributed by atoms with Crippen LogP contribution in [0.25, 0.3) is 10.1 Å². The number of alkyl halides is 3. The minimum absolute atomic E-state index is 0.264. The molecule has 0 atom stereocenters. The van der Waals surface area contributed by atoms with Crippen LogP contribution in [0.5, 0.6) is 0 Å². The molecule has 2 aromatic rings. The Hall–Kier alpha value is -2.29. The van der Waals surface area contributed by atoms with Gasteiger partial charge in [0.05, 0.1) is 6.54 Å². The van der Waals surface area contributed by atoms with Crippen molar-refractivity contribution < 1.29 is 22.8 Å². The third kappa shape index (κ3) is 5.44. The third-order valence-corrected chi connectivity index (χ3v) is 3.91. The maximum absolute atomic E-state index is 11.9. The van der Waals surface area contributed by atoms with Crippen molar-refractivity contribution in [3.8, 4) is 0 Å². The Balaban J connectivity index is 1.74. The SMILES string of the molecule is O=C(CNC(=O)NCc1csc2ccccc12)NCC(F)(F)F. The number of halogens is 3. The smallest absolute Gasteiger partial charge is 0.345 e. The monoisotopic (exact) mass is 345 g/mol. The summed E-state index contributed by atoms with van der Waals surface area (Å²) in [6.07, 6.45) is -4.47. The molecule has 0 bridgehead atoms. The summed E-state index contributed by atoms with van der Waals surface area (Å²) in [7, 11) is 0. The fraction of sp³-hybridized carbons (Fsp3) is 0.286. The van der Waals surface area contributed by atoms with Crippen LogP contribution in [0.15, 0.2) is 29.6 Å². The number of amides is 3. The Morgan fingerprint density at radius 1 is 1.09 bits per heavy atom. The number of thiophene rings is 1. The first-order valence-electron chi connectivity index (χ1n) is 6.65. The van der Waals surface area contributed by atoms with Crippen molar-refractivity contribution in [2.75, 3.05) is 13.1 Å². The van der Waals surface area contributed by atoms with Crippen LogP contribution < -0.4 is 16.0 Å². The standard InChI is InChI=1S/C14H14F3N3O2S/c15-14(16,17)8-20-12(21)6-19-13(22)18-5-9-7-23-11-4-2-1-3-10(9)11/h1-4,7H,5-6,8H2,(H,20,21)(H2,18,19,22). The molecule has 3 amide bonds. The molecular formula is C14H14F3N3O2S. The van der Waals surface area contributed by atoms with E-state index in [4.69, 9.17) is 0 Å². The van der Waals surface area contributed by atoms with Crippen molar-refractivity contribution in [1.82, 2.24) is 16.0 Å². The molecule has 0 aliphatic rings. The lowest BCUT2D eigenvalue weighted by Crippen LogP contribution is -2.43. The van der Waals surface area contributed by atoms with Crippen molar-refractivity contribution in [3.63, 3.8) is 0 Å². The minimum Gasteiger partial charge on any atom is -0.345 e. The first-order chi connectivity index (χ1) is 10.8. The molecule has 1 aromatic heterocycles. The van der Waals surface area contributed by atoms with Gasteiger partial charge in [0.1, 0.15) is 6.54 Å². The summed E-state index contributed by atoms with van der Waals surface area (Å²) >= 11 is 1.55. The van der Waals surface area contributed by atoms with Crippen molar-refractivity contribution >= 4 is 33.4 Å². The van der Waals surface area contributed by atoms with Crippen LogP contribution in [-0.2, 0) is 11.3 Å². The van der Waals surface area contributed by atoms with Crippen LogP contribution in [0.4, 0.5) is 18.0 Å². The number of hydrogen-bond acceptors (Lipinski definition) is 3. The Labute approximate surface area is 133 Å². The molecule has 2 rings (SSSR count). The van der Waals surface area contributed by atoms with Gasteiger partial charge in [-0.05, 0) is 22.4 Å². The average molecular weight is 345 g/mol. The quantitative estimate of drug-likeness (QED) is 0.779. The normalized spacial score (nSPS) is 11.3. The van der Waals surface area contributed by atoms with E-state index in [0.717, 1.165) is 15.6 Å². The molecule has 0 saturated heterocycles. The molecule has 9 heteroatoms. The van der Waals surface area contributed by atoms with E-state index in [9.17, 15) is 22.8 Å². The molecule has 0 aliphatic carbocycles. The maximum atomic E-state index is 11.9. The Morgan fingerprint density at radius 2 is 1.83 bits per heavy atom. The number of urea groups is 1. The topological polar surface area (TPSA) is 70.2 Å². The van der Waals surface area contributed by atoms with Gasteiger partial charge in [0.15, 0.2) is 0 Å². The van der Waals surface area contributed by atoms with Crippen molar-refractivity contribution in [2.24, 2.45) is 0 Å². The first kappa shape index (κ1) is 17.1. The minimum atomic E-state index is -4.47. The molecule has 0 aliphatic heterocycles. The van der Waals surface area contributed by atoms with Crippen molar-refractivity contribution in [2.45, 2.75) is 12.7 Å². The lowest BCUT2D eigenvalue weighted by atomic mass is 10.2. The predicted molar refractivity (Wildman–Crippen MR) is 81.1 cm³/mol. The van der Waals surface area contributed by atoms with Crippen LogP contribution in [0.2, 0.25) is 0 Å². The summed E-state index contributed by atoms with van der Waals surface area (Å²) in [6.45, 7) is -1.68. The highest BCUT2D eigenvalue weighted by Crippen LogP contribution is 2.25. The van der Waals surface area contributed by atoms with Gasteiger partial charge in [-0.1, -0.05) is 18.2 Å². The van der Waals surface area contributed by atoms with Gasteiger partial charge in [0.2, 0.25) is 5.91 Å². The Bertz CT molecular complexity index is 700. The zero-order valence-electron chi connectivity index (χ0n) is 11.9. The number of carbonyl (C=O) groups excluding carboxylic acids is 2. The fourth-order valence-electron chi connectivity index (χ4n) is 1.83. The molecule has 0 saturated carbocycles. The largest absolute Gasteiger partial charge is 0.405 e. The molecule has 0 fully saturated rings. The summed E-state index contributed by atoms with van der Waals surface area (Å²) in [5, 5.41) is 9.38. The number of benzene rings is 1. The lowest BCUT2D eigenvalue weighted by Gasteiger charge is -2.09. The van der Waals surface area contributed by atoms with Crippen LogP contribution >= 0.6 is 11.3 Å². The van der Waals surface area contributed by atoms with Crippen LogP contribution in [0, 0.1) is 0 Å². The van der Waals surface area contributed by atoms with Gasteiger partial charge in [0.25, 0.3) is 0 Å². The molecule has 1 heterocycles. The number of fused-ring (bicyclic) bond motifs is 1. The Kier molecular flexibility index (Phi) is 5.43. The highest BCUT2D eigenvalue weighted by Gasteiger charge is 2.27. The van der Waals surface area contributed by atoms with Gasteiger partial charge in [-0.3, -0.25) is 4.79 Å². The Morgan fingerprint density at radius 3 is 2.57 bits per heavy atom. The van der Waals surface area contributed by atoms with Crippen molar-refractivity contribution in [3.05, 3.63) is 35.2 Å². The molecule has 124 valence electrons. The number of carbonyl (C=O) groups is 2. The lowest BCUT2D eigenvalue weighted by molar-refractivity contribution is -0.137. The molecule has 1 aromatic carbocycles. The number of rotatable bonds is 5. The van der Waals surface area contributed by atoms with E-state index in [-0.39, 0.29) is 6.54 Å². The van der Waals surface area contributed by atoms with Gasteiger partial charge in [-0.15, -0.1) is 11.3 Å². The van der Waals surface area contributed by atoms with Crippen LogP contribution in [-0.4, -0.2) is 31.2 Å². The zero-order chi connectivity index (χ0) is 16.9. The summed E-state index contributed by atoms with van der Waals surface area (Å²) in [5.74, 6) is -0.904.